The number of halogens is 5. The van der Waals surface area contributed by atoms with Gasteiger partial charge in [-0.1, -0.05) is 0 Å². The second kappa shape index (κ2) is 22.8. The van der Waals surface area contributed by atoms with E-state index in [1.165, 1.54) is 0 Å². The van der Waals surface area contributed by atoms with Crippen molar-refractivity contribution in [2.75, 3.05) is 0 Å². The Bertz CT molecular complexity index is 64.6. The molecule has 0 aromatic rings. The molecule has 0 aromatic heterocycles. The van der Waals surface area contributed by atoms with Crippen molar-refractivity contribution in [3.05, 3.63) is 0 Å². The van der Waals surface area contributed by atoms with Crippen LogP contribution in [0.4, 0.5) is 0 Å². The third-order valence-corrected chi connectivity index (χ3v) is 0. The quantitative estimate of drug-likeness (QED) is 0.392. The van der Waals surface area contributed by atoms with Crippen LogP contribution in [0.2, 0.25) is 0 Å². The molecule has 0 atom stereocenters. The number of hydrogen-bond acceptors (Lipinski definition) is 1. The van der Waals surface area contributed by atoms with E-state index in [1.807, 2.05) is 0 Å². The molecule has 0 aliphatic carbocycles. The summed E-state index contributed by atoms with van der Waals surface area (Å²) in [4.78, 5) is 21.6. The summed E-state index contributed by atoms with van der Waals surface area (Å²) in [6.07, 6.45) is 0. The summed E-state index contributed by atoms with van der Waals surface area (Å²) in [5.41, 5.74) is 0. The van der Waals surface area contributed by atoms with Crippen LogP contribution >= 0.6 is 69.9 Å². The third kappa shape index (κ3) is 236. The Labute approximate surface area is 113 Å². The summed E-state index contributed by atoms with van der Waals surface area (Å²) >= 11 is 0. The molecule has 0 rings (SSSR count). The predicted molar refractivity (Wildman–Crippen MR) is 60.4 cm³/mol. The van der Waals surface area contributed by atoms with Gasteiger partial charge in [-0.15, -0.1) is 62.0 Å². The van der Waals surface area contributed by atoms with Crippen molar-refractivity contribution in [1.82, 2.24) is 0 Å². The first-order valence-electron chi connectivity index (χ1n) is 0.783. The molecule has 0 saturated carbocycles. The molecule has 11 heteroatoms. The van der Waals surface area contributed by atoms with Crippen molar-refractivity contribution in [1.29, 1.82) is 0 Å². The first-order chi connectivity index (χ1) is 2.00. The summed E-state index contributed by atoms with van der Waals surface area (Å²) < 4.78 is 8.88. The zero-order valence-corrected chi connectivity index (χ0v) is 14.0. The maximum absolute atomic E-state index is 8.88. The van der Waals surface area contributed by atoms with E-state index in [1.54, 1.807) is 0 Å². The molecule has 0 aliphatic heterocycles. The standard InChI is InChI=1S/5ClH.H3O4P.Sb.3H/c;;;;;1-5(2,3)4;;;;/h5*1H;(H3,1,2,3,4);;;;. The average Bonchev–Trinajstić information content (AvgIpc) is 0.722. The van der Waals surface area contributed by atoms with Crippen LogP contribution in [0.5, 0.6) is 0 Å². The molecule has 3 N–H and O–H groups in total. The van der Waals surface area contributed by atoms with Crippen LogP contribution in [0.25, 0.3) is 0 Å². The molecule has 0 aromatic carbocycles. The number of hydrogen-bond donors (Lipinski definition) is 3. The molecule has 80 valence electrons. The van der Waals surface area contributed by atoms with Gasteiger partial charge in [-0.3, -0.25) is 0 Å². The number of rotatable bonds is 0. The van der Waals surface area contributed by atoms with E-state index < -0.39 is 7.82 Å². The molecular formula is H11Cl5O4PSb. The average molecular weight is 405 g/mol. The van der Waals surface area contributed by atoms with E-state index in [0.29, 0.717) is 0 Å². The van der Waals surface area contributed by atoms with E-state index in [9.17, 15) is 0 Å². The summed E-state index contributed by atoms with van der Waals surface area (Å²) in [7, 11) is -4.64. The minimum absolute atomic E-state index is 0. The van der Waals surface area contributed by atoms with Crippen LogP contribution in [0.15, 0.2) is 0 Å². The monoisotopic (exact) mass is 402 g/mol. The van der Waals surface area contributed by atoms with E-state index in [0.717, 1.165) is 0 Å². The van der Waals surface area contributed by atoms with Gasteiger partial charge < -0.3 is 14.7 Å². The minimum atomic E-state index is -4.64. The zero-order valence-electron chi connectivity index (χ0n) is 4.95. The Hall–Kier alpha value is 2.38. The Morgan fingerprint density at radius 3 is 0.727 bits per heavy atom. The van der Waals surface area contributed by atoms with Crippen LogP contribution in [-0.4, -0.2) is 39.1 Å². The molecule has 0 heterocycles. The Balaban J connectivity index is -0.00000000533. The van der Waals surface area contributed by atoms with E-state index in [4.69, 9.17) is 19.2 Å². The first-order valence-corrected chi connectivity index (χ1v) is 2.35. The van der Waals surface area contributed by atoms with Crippen molar-refractivity contribution in [2.24, 2.45) is 0 Å². The molecule has 11 heavy (non-hydrogen) atoms. The SMILES string of the molecule is Cl.Cl.Cl.Cl.Cl.O=P(O)(O)O.[SbH3]. The van der Waals surface area contributed by atoms with Crippen LogP contribution in [-0.2, 0) is 4.57 Å². The van der Waals surface area contributed by atoms with Gasteiger partial charge in [0.05, 0.1) is 0 Å². The Kier molecular flexibility index (Phi) is 105. The van der Waals surface area contributed by atoms with Crippen LogP contribution in [0, 0.1) is 0 Å². The summed E-state index contributed by atoms with van der Waals surface area (Å²) in [5, 5.41) is 0. The van der Waals surface area contributed by atoms with Crippen LogP contribution in [0.1, 0.15) is 0 Å². The summed E-state index contributed by atoms with van der Waals surface area (Å²) in [6, 6.07) is 0. The van der Waals surface area contributed by atoms with Crippen molar-refractivity contribution in [3.8, 4) is 0 Å². The van der Waals surface area contributed by atoms with E-state index in [2.05, 4.69) is 0 Å². The molecule has 0 spiro atoms. The van der Waals surface area contributed by atoms with Gasteiger partial charge in [0.25, 0.3) is 0 Å². The molecule has 4 nitrogen and oxygen atoms in total. The van der Waals surface area contributed by atoms with Gasteiger partial charge in [0.15, 0.2) is 0 Å². The Morgan fingerprint density at radius 2 is 0.727 bits per heavy atom. The molecule has 0 amide bonds. The third-order valence-electron chi connectivity index (χ3n) is 0. The topological polar surface area (TPSA) is 77.8 Å². The second-order valence-electron chi connectivity index (χ2n) is 0.513. The van der Waals surface area contributed by atoms with Crippen molar-refractivity contribution in [3.63, 3.8) is 0 Å². The van der Waals surface area contributed by atoms with E-state index in [-0.39, 0.29) is 86.5 Å². The van der Waals surface area contributed by atoms with Gasteiger partial charge in [-0.05, 0) is 0 Å². The molecule has 0 saturated heterocycles. The fraction of sp³-hybridized carbons (Fsp3) is 0. The van der Waals surface area contributed by atoms with Crippen molar-refractivity contribution in [2.45, 2.75) is 0 Å². The van der Waals surface area contributed by atoms with Crippen molar-refractivity contribution >= 4 is 94.3 Å². The summed E-state index contributed by atoms with van der Waals surface area (Å²) in [6.45, 7) is 0. The summed E-state index contributed by atoms with van der Waals surface area (Å²) in [5.74, 6) is 0. The van der Waals surface area contributed by atoms with Gasteiger partial charge in [0.2, 0.25) is 0 Å². The van der Waals surface area contributed by atoms with Gasteiger partial charge in [-0.25, -0.2) is 4.57 Å². The molecule has 0 radical (unpaired) electrons. The molecule has 0 bridgehead atoms. The predicted octanol–water partition coefficient (Wildman–Crippen LogP) is -0.00350. The second-order valence-corrected chi connectivity index (χ2v) is 1.54. The maximum atomic E-state index is 8.88. The van der Waals surface area contributed by atoms with Gasteiger partial charge in [-0.2, -0.15) is 0 Å². The Morgan fingerprint density at radius 1 is 0.727 bits per heavy atom. The van der Waals surface area contributed by atoms with Crippen LogP contribution < -0.4 is 0 Å². The normalized spacial score (nSPS) is 5.36. The van der Waals surface area contributed by atoms with Gasteiger partial charge in [0, 0.05) is 0 Å². The number of phosphoric acid groups is 1. The first kappa shape index (κ1) is 50.4. The molecular weight excluding hydrogens is 394 g/mol. The zero-order chi connectivity index (χ0) is 4.50. The van der Waals surface area contributed by atoms with E-state index >= 15 is 0 Å². The van der Waals surface area contributed by atoms with Gasteiger partial charge >= 0.3 is 32.3 Å². The van der Waals surface area contributed by atoms with Crippen molar-refractivity contribution < 1.29 is 19.2 Å². The van der Waals surface area contributed by atoms with Gasteiger partial charge in [0.1, 0.15) is 0 Å². The molecule has 0 fully saturated rings. The van der Waals surface area contributed by atoms with Crippen LogP contribution in [0.3, 0.4) is 0 Å². The fourth-order valence-corrected chi connectivity index (χ4v) is 0. The fourth-order valence-electron chi connectivity index (χ4n) is 0. The molecule has 0 unspecified atom stereocenters. The molecule has 0 aliphatic rings.